The zero-order valence-electron chi connectivity index (χ0n) is 18.1. The van der Waals surface area contributed by atoms with Gasteiger partial charge in [-0.1, -0.05) is 82.7 Å². The summed E-state index contributed by atoms with van der Waals surface area (Å²) >= 11 is 3.33. The first kappa shape index (κ1) is 24.1. The lowest BCUT2D eigenvalue weighted by molar-refractivity contribution is -0.378. The van der Waals surface area contributed by atoms with Crippen molar-refractivity contribution in [3.05, 3.63) is 108 Å². The Morgan fingerprint density at radius 3 is 1.85 bits per heavy atom. The van der Waals surface area contributed by atoms with Crippen LogP contribution >= 0.6 is 15.9 Å². The number of aliphatic hydroxyl groups is 1. The van der Waals surface area contributed by atoms with Crippen LogP contribution in [0.2, 0.25) is 0 Å². The number of carbonyl (C=O) groups is 2. The van der Waals surface area contributed by atoms with Gasteiger partial charge < -0.3 is 24.1 Å². The SMILES string of the molecule is O=C(OC1C(CBr)OC(O)(OCc2ccccc2)C1OC(=O)c1ccccc1)c1ccccc1. The second kappa shape index (κ2) is 10.9. The average molecular weight is 527 g/mol. The Morgan fingerprint density at radius 2 is 1.32 bits per heavy atom. The third-order valence-electron chi connectivity index (χ3n) is 5.28. The number of hydrogen-bond acceptors (Lipinski definition) is 7. The standard InChI is InChI=1S/C26H23BrO7/c27-16-21-22(32-24(28)19-12-6-2-7-13-19)23(33-25(29)20-14-8-3-9-15-20)26(30,34-21)31-17-18-10-4-1-5-11-18/h1-15,21-23,30H,16-17H2. The molecular weight excluding hydrogens is 504 g/mol. The molecule has 1 aliphatic heterocycles. The number of alkyl halides is 1. The lowest BCUT2D eigenvalue weighted by Gasteiger charge is -2.29. The van der Waals surface area contributed by atoms with Crippen molar-refractivity contribution in [2.45, 2.75) is 30.9 Å². The number of esters is 2. The topological polar surface area (TPSA) is 91.3 Å². The van der Waals surface area contributed by atoms with E-state index in [0.717, 1.165) is 5.56 Å². The van der Waals surface area contributed by atoms with Gasteiger partial charge in [-0.3, -0.25) is 0 Å². The van der Waals surface area contributed by atoms with Gasteiger partial charge in [-0.25, -0.2) is 9.59 Å². The van der Waals surface area contributed by atoms with Gasteiger partial charge in [0.1, 0.15) is 6.10 Å². The highest BCUT2D eigenvalue weighted by molar-refractivity contribution is 9.09. The molecular formula is C26H23BrO7. The fraction of sp³-hybridized carbons (Fsp3) is 0.231. The number of rotatable bonds is 8. The first-order valence-electron chi connectivity index (χ1n) is 10.7. The van der Waals surface area contributed by atoms with Gasteiger partial charge in [0, 0.05) is 5.33 Å². The summed E-state index contributed by atoms with van der Waals surface area (Å²) in [4.78, 5) is 25.7. The van der Waals surface area contributed by atoms with Crippen LogP contribution in [-0.4, -0.2) is 46.7 Å². The molecule has 176 valence electrons. The smallest absolute Gasteiger partial charge is 0.338 e. The Morgan fingerprint density at radius 1 is 0.824 bits per heavy atom. The molecule has 1 N–H and O–H groups in total. The Balaban J connectivity index is 1.61. The number of halogens is 1. The van der Waals surface area contributed by atoms with Crippen LogP contribution in [0.1, 0.15) is 26.3 Å². The van der Waals surface area contributed by atoms with E-state index >= 15 is 0 Å². The fourth-order valence-corrected chi connectivity index (χ4v) is 4.05. The van der Waals surface area contributed by atoms with Crippen molar-refractivity contribution in [2.75, 3.05) is 5.33 Å². The van der Waals surface area contributed by atoms with E-state index in [0.29, 0.717) is 5.56 Å². The van der Waals surface area contributed by atoms with Gasteiger partial charge in [0.05, 0.1) is 17.7 Å². The fourth-order valence-electron chi connectivity index (χ4n) is 3.55. The van der Waals surface area contributed by atoms with Gasteiger partial charge in [-0.2, -0.15) is 0 Å². The van der Waals surface area contributed by atoms with Crippen LogP contribution in [0.15, 0.2) is 91.0 Å². The predicted molar refractivity (Wildman–Crippen MR) is 126 cm³/mol. The molecule has 1 aliphatic rings. The summed E-state index contributed by atoms with van der Waals surface area (Å²) in [6.45, 7) is -0.0227. The zero-order valence-corrected chi connectivity index (χ0v) is 19.7. The monoisotopic (exact) mass is 526 g/mol. The van der Waals surface area contributed by atoms with Crippen molar-refractivity contribution in [1.82, 2.24) is 0 Å². The highest BCUT2D eigenvalue weighted by Gasteiger charge is 2.60. The summed E-state index contributed by atoms with van der Waals surface area (Å²) in [5, 5.41) is 11.5. The molecule has 7 nitrogen and oxygen atoms in total. The van der Waals surface area contributed by atoms with E-state index in [1.54, 1.807) is 60.7 Å². The molecule has 1 saturated heterocycles. The largest absolute Gasteiger partial charge is 0.452 e. The number of benzene rings is 3. The molecule has 1 heterocycles. The van der Waals surface area contributed by atoms with Crippen molar-refractivity contribution in [2.24, 2.45) is 0 Å². The Kier molecular flexibility index (Phi) is 7.74. The first-order chi connectivity index (χ1) is 16.5. The maximum absolute atomic E-state index is 12.9. The van der Waals surface area contributed by atoms with E-state index in [2.05, 4.69) is 15.9 Å². The van der Waals surface area contributed by atoms with Crippen LogP contribution in [0.3, 0.4) is 0 Å². The number of hydrogen-bond donors (Lipinski definition) is 1. The van der Waals surface area contributed by atoms with Crippen molar-refractivity contribution in [3.8, 4) is 0 Å². The van der Waals surface area contributed by atoms with Crippen molar-refractivity contribution < 1.29 is 33.6 Å². The van der Waals surface area contributed by atoms with Crippen molar-refractivity contribution in [3.63, 3.8) is 0 Å². The molecule has 0 aromatic heterocycles. The van der Waals surface area contributed by atoms with Crippen LogP contribution in [0.4, 0.5) is 0 Å². The third kappa shape index (κ3) is 5.53. The van der Waals surface area contributed by atoms with Gasteiger partial charge in [-0.05, 0) is 29.8 Å². The maximum Gasteiger partial charge on any atom is 0.338 e. The van der Waals surface area contributed by atoms with E-state index < -0.39 is 36.2 Å². The third-order valence-corrected chi connectivity index (χ3v) is 5.92. The highest BCUT2D eigenvalue weighted by Crippen LogP contribution is 2.37. The van der Waals surface area contributed by atoms with E-state index in [4.69, 9.17) is 18.9 Å². The lowest BCUT2D eigenvalue weighted by Crippen LogP contribution is -2.49. The Labute approximate surface area is 205 Å². The first-order valence-corrected chi connectivity index (χ1v) is 11.8. The zero-order chi connectivity index (χ0) is 24.0. The van der Waals surface area contributed by atoms with E-state index in [-0.39, 0.29) is 17.5 Å². The van der Waals surface area contributed by atoms with E-state index in [1.165, 1.54) is 0 Å². The van der Waals surface area contributed by atoms with Gasteiger partial charge in [0.2, 0.25) is 6.10 Å². The predicted octanol–water partition coefficient (Wildman–Crippen LogP) is 4.09. The molecule has 3 aromatic rings. The highest BCUT2D eigenvalue weighted by atomic mass is 79.9. The summed E-state index contributed by atoms with van der Waals surface area (Å²) in [5.41, 5.74) is 1.35. The molecule has 0 aliphatic carbocycles. The van der Waals surface area contributed by atoms with E-state index in [1.807, 2.05) is 30.3 Å². The molecule has 0 saturated carbocycles. The second-order valence-corrected chi connectivity index (χ2v) is 8.29. The van der Waals surface area contributed by atoms with Gasteiger partial charge in [-0.15, -0.1) is 0 Å². The molecule has 0 spiro atoms. The molecule has 4 rings (SSSR count). The lowest BCUT2D eigenvalue weighted by atomic mass is 10.1. The summed E-state index contributed by atoms with van der Waals surface area (Å²) in [5.74, 6) is -3.71. The van der Waals surface area contributed by atoms with E-state index in [9.17, 15) is 14.7 Å². The van der Waals surface area contributed by atoms with Crippen LogP contribution in [0, 0.1) is 0 Å². The summed E-state index contributed by atoms with van der Waals surface area (Å²) < 4.78 is 22.8. The minimum Gasteiger partial charge on any atom is -0.452 e. The second-order valence-electron chi connectivity index (χ2n) is 7.64. The molecule has 0 bridgehead atoms. The van der Waals surface area contributed by atoms with Gasteiger partial charge in [0.25, 0.3) is 0 Å². The summed E-state index contributed by atoms with van der Waals surface area (Å²) in [6, 6.07) is 25.8. The van der Waals surface area contributed by atoms with Crippen molar-refractivity contribution in [1.29, 1.82) is 0 Å². The van der Waals surface area contributed by atoms with Gasteiger partial charge >= 0.3 is 17.9 Å². The van der Waals surface area contributed by atoms with Crippen molar-refractivity contribution >= 4 is 27.9 Å². The molecule has 3 aromatic carbocycles. The Hall–Kier alpha value is -3.04. The Bertz CT molecular complexity index is 1090. The maximum atomic E-state index is 12.9. The minimum absolute atomic E-state index is 0.0227. The van der Waals surface area contributed by atoms with Crippen LogP contribution in [0.25, 0.3) is 0 Å². The minimum atomic E-state index is -2.35. The molecule has 1 fully saturated rings. The normalized spacial score (nSPS) is 23.9. The van der Waals surface area contributed by atoms with Crippen LogP contribution in [0.5, 0.6) is 0 Å². The van der Waals surface area contributed by atoms with Crippen LogP contribution < -0.4 is 0 Å². The quantitative estimate of drug-likeness (QED) is 0.268. The number of carbonyl (C=O) groups excluding carboxylic acids is 2. The summed E-state index contributed by atoms with van der Waals surface area (Å²) in [6.07, 6.45) is -3.43. The molecule has 34 heavy (non-hydrogen) atoms. The van der Waals surface area contributed by atoms with Crippen LogP contribution in [-0.2, 0) is 25.6 Å². The van der Waals surface area contributed by atoms with Gasteiger partial charge in [0.15, 0.2) is 6.10 Å². The molecule has 4 atom stereocenters. The average Bonchev–Trinajstić information content (AvgIpc) is 3.15. The number of ether oxygens (including phenoxy) is 4. The molecule has 8 heteroatoms. The molecule has 0 radical (unpaired) electrons. The molecule has 0 amide bonds. The summed E-state index contributed by atoms with van der Waals surface area (Å²) in [7, 11) is 0. The molecule has 4 unspecified atom stereocenters.